The summed E-state index contributed by atoms with van der Waals surface area (Å²) in [4.78, 5) is 23.9. The number of fused-ring (bicyclic) bond motifs is 2. The molecular formula is C22H18O7. The van der Waals surface area contributed by atoms with Crippen molar-refractivity contribution in [2.45, 2.75) is 12.3 Å². The van der Waals surface area contributed by atoms with Gasteiger partial charge in [-0.05, 0) is 46.5 Å². The topological polar surface area (TPSA) is 80.3 Å². The number of carbonyl (C=O) groups excluding carboxylic acids is 2. The van der Waals surface area contributed by atoms with Gasteiger partial charge in [-0.2, -0.15) is 0 Å². The fraction of sp³-hybridized carbons (Fsp3) is 0.273. The average molecular weight is 394 g/mol. The van der Waals surface area contributed by atoms with Gasteiger partial charge in [0.25, 0.3) is 0 Å². The Kier molecular flexibility index (Phi) is 3.97. The van der Waals surface area contributed by atoms with Gasteiger partial charge < -0.3 is 23.7 Å². The lowest BCUT2D eigenvalue weighted by molar-refractivity contribution is -0.136. The molecule has 29 heavy (non-hydrogen) atoms. The van der Waals surface area contributed by atoms with E-state index in [0.29, 0.717) is 46.8 Å². The molecule has 2 aliphatic heterocycles. The largest absolute Gasteiger partial charge is 0.496 e. The molecule has 1 atom stereocenters. The molecule has 0 bridgehead atoms. The van der Waals surface area contributed by atoms with E-state index >= 15 is 0 Å². The van der Waals surface area contributed by atoms with Gasteiger partial charge in [0.15, 0.2) is 17.8 Å². The van der Waals surface area contributed by atoms with Gasteiger partial charge in [0.05, 0.1) is 19.8 Å². The monoisotopic (exact) mass is 394 g/mol. The maximum atomic E-state index is 12.3. The van der Waals surface area contributed by atoms with E-state index in [4.69, 9.17) is 23.7 Å². The van der Waals surface area contributed by atoms with Crippen molar-refractivity contribution >= 4 is 12.3 Å². The van der Waals surface area contributed by atoms with Crippen molar-refractivity contribution in [1.82, 2.24) is 0 Å². The van der Waals surface area contributed by atoms with Gasteiger partial charge in [-0.15, -0.1) is 0 Å². The zero-order valence-electron chi connectivity index (χ0n) is 15.9. The number of rotatable bonds is 4. The van der Waals surface area contributed by atoms with Crippen molar-refractivity contribution in [3.63, 3.8) is 0 Å². The van der Waals surface area contributed by atoms with Crippen LogP contribution in [0.1, 0.15) is 33.0 Å². The summed E-state index contributed by atoms with van der Waals surface area (Å²) in [6, 6.07) is 7.50. The fourth-order valence-electron chi connectivity index (χ4n) is 4.31. The number of hydrogen-bond acceptors (Lipinski definition) is 7. The van der Waals surface area contributed by atoms with Gasteiger partial charge in [-0.25, -0.2) is 4.79 Å². The molecule has 0 saturated heterocycles. The Balaban J connectivity index is 1.74. The second kappa shape index (κ2) is 6.55. The highest BCUT2D eigenvalue weighted by Crippen LogP contribution is 2.49. The molecule has 0 fully saturated rings. The molecule has 0 saturated carbocycles. The van der Waals surface area contributed by atoms with Crippen molar-refractivity contribution < 1.29 is 33.3 Å². The van der Waals surface area contributed by atoms with Crippen molar-refractivity contribution in [3.8, 4) is 23.0 Å². The molecular weight excluding hydrogens is 376 g/mol. The second-order valence-electron chi connectivity index (χ2n) is 7.05. The van der Waals surface area contributed by atoms with E-state index in [-0.39, 0.29) is 25.3 Å². The molecule has 0 aromatic heterocycles. The Morgan fingerprint density at radius 2 is 1.69 bits per heavy atom. The lowest BCUT2D eigenvalue weighted by atomic mass is 9.75. The summed E-state index contributed by atoms with van der Waals surface area (Å²) in [5.41, 5.74) is 4.75. The summed E-state index contributed by atoms with van der Waals surface area (Å²) in [6.45, 7) is 0.403. The maximum absolute atomic E-state index is 12.3. The average Bonchev–Trinajstić information content (AvgIpc) is 3.35. The van der Waals surface area contributed by atoms with Crippen LogP contribution in [0.5, 0.6) is 23.0 Å². The third-order valence-electron chi connectivity index (χ3n) is 5.67. The first kappa shape index (κ1) is 17.6. The smallest absolute Gasteiger partial charge is 0.334 e. The van der Waals surface area contributed by atoms with Crippen LogP contribution in [0.4, 0.5) is 0 Å². The van der Waals surface area contributed by atoms with Crippen LogP contribution in [-0.4, -0.2) is 39.9 Å². The van der Waals surface area contributed by atoms with Crippen LogP contribution < -0.4 is 18.9 Å². The molecule has 7 heteroatoms. The molecule has 3 aliphatic rings. The van der Waals surface area contributed by atoms with Gasteiger partial charge in [-0.1, -0.05) is 0 Å². The molecule has 7 nitrogen and oxygen atoms in total. The summed E-state index contributed by atoms with van der Waals surface area (Å²) >= 11 is 0. The zero-order chi connectivity index (χ0) is 20.1. The fourth-order valence-corrected chi connectivity index (χ4v) is 4.31. The predicted molar refractivity (Wildman–Crippen MR) is 101 cm³/mol. The number of methoxy groups -OCH3 is 2. The molecule has 148 valence electrons. The SMILES string of the molecule is COc1cc(C2C3=C(Cc4cc5c(cc42)OCO5)C(=O)OC3)cc(OC)c1C=O. The predicted octanol–water partition coefficient (Wildman–Crippen LogP) is 2.79. The summed E-state index contributed by atoms with van der Waals surface area (Å²) in [7, 11) is 3.01. The van der Waals surface area contributed by atoms with E-state index in [1.165, 1.54) is 14.2 Å². The normalized spacial score (nSPS) is 18.8. The molecule has 1 aliphatic carbocycles. The quantitative estimate of drug-likeness (QED) is 0.583. The van der Waals surface area contributed by atoms with Gasteiger partial charge in [0.2, 0.25) is 6.79 Å². The van der Waals surface area contributed by atoms with Crippen molar-refractivity contribution in [3.05, 3.63) is 57.7 Å². The minimum atomic E-state index is -0.295. The third-order valence-corrected chi connectivity index (χ3v) is 5.67. The lowest BCUT2D eigenvalue weighted by Crippen LogP contribution is -2.17. The van der Waals surface area contributed by atoms with Crippen LogP contribution in [0.2, 0.25) is 0 Å². The highest BCUT2D eigenvalue weighted by Gasteiger charge is 2.38. The van der Waals surface area contributed by atoms with Crippen LogP contribution >= 0.6 is 0 Å². The number of carbonyl (C=O) groups is 2. The van der Waals surface area contributed by atoms with Crippen LogP contribution in [0.15, 0.2) is 35.4 Å². The number of esters is 1. The van der Waals surface area contributed by atoms with Crippen LogP contribution in [0.25, 0.3) is 0 Å². The molecule has 0 amide bonds. The zero-order valence-corrected chi connectivity index (χ0v) is 15.9. The van der Waals surface area contributed by atoms with Crippen molar-refractivity contribution in [2.75, 3.05) is 27.6 Å². The molecule has 2 aromatic carbocycles. The number of hydrogen-bond donors (Lipinski definition) is 0. The molecule has 1 unspecified atom stereocenters. The van der Waals surface area contributed by atoms with E-state index in [1.807, 2.05) is 24.3 Å². The Hall–Kier alpha value is -3.48. The molecule has 2 heterocycles. The number of benzene rings is 2. The van der Waals surface area contributed by atoms with E-state index in [1.54, 1.807) is 0 Å². The van der Waals surface area contributed by atoms with E-state index in [2.05, 4.69) is 0 Å². The Morgan fingerprint density at radius 3 is 2.34 bits per heavy atom. The summed E-state index contributed by atoms with van der Waals surface area (Å²) in [6.07, 6.45) is 1.19. The lowest BCUT2D eigenvalue weighted by Gasteiger charge is -2.28. The van der Waals surface area contributed by atoms with Crippen LogP contribution in [0.3, 0.4) is 0 Å². The van der Waals surface area contributed by atoms with E-state index in [0.717, 1.165) is 22.3 Å². The molecule has 0 spiro atoms. The van der Waals surface area contributed by atoms with Gasteiger partial charge in [-0.3, -0.25) is 4.79 Å². The number of ether oxygens (including phenoxy) is 5. The van der Waals surface area contributed by atoms with Gasteiger partial charge in [0.1, 0.15) is 18.1 Å². The van der Waals surface area contributed by atoms with E-state index in [9.17, 15) is 9.59 Å². The Labute approximate surface area is 166 Å². The summed E-state index contributed by atoms with van der Waals surface area (Å²) < 4.78 is 27.3. The van der Waals surface area contributed by atoms with Gasteiger partial charge >= 0.3 is 5.97 Å². The molecule has 2 aromatic rings. The molecule has 0 N–H and O–H groups in total. The van der Waals surface area contributed by atoms with E-state index < -0.39 is 0 Å². The van der Waals surface area contributed by atoms with Gasteiger partial charge in [0, 0.05) is 17.9 Å². The number of aldehydes is 1. The third kappa shape index (κ3) is 2.57. The van der Waals surface area contributed by atoms with Crippen LogP contribution in [0, 0.1) is 0 Å². The first-order chi connectivity index (χ1) is 14.1. The highest BCUT2D eigenvalue weighted by atomic mass is 16.7. The summed E-state index contributed by atoms with van der Waals surface area (Å²) in [5.74, 6) is 1.62. The Bertz CT molecular complexity index is 1060. The molecule has 5 rings (SSSR count). The first-order valence-electron chi connectivity index (χ1n) is 9.17. The minimum Gasteiger partial charge on any atom is -0.496 e. The number of cyclic esters (lactones) is 1. The van der Waals surface area contributed by atoms with Crippen LogP contribution in [-0.2, 0) is 16.0 Å². The van der Waals surface area contributed by atoms with Crippen molar-refractivity contribution in [2.24, 2.45) is 0 Å². The Morgan fingerprint density at radius 1 is 1.00 bits per heavy atom. The molecule has 0 radical (unpaired) electrons. The highest BCUT2D eigenvalue weighted by molar-refractivity contribution is 5.94. The van der Waals surface area contributed by atoms with Crippen molar-refractivity contribution in [1.29, 1.82) is 0 Å². The summed E-state index contributed by atoms with van der Waals surface area (Å²) in [5, 5.41) is 0. The maximum Gasteiger partial charge on any atom is 0.334 e. The minimum absolute atomic E-state index is 0.174. The first-order valence-corrected chi connectivity index (χ1v) is 9.17. The second-order valence-corrected chi connectivity index (χ2v) is 7.05. The standard InChI is InChI=1S/C22H18O7/c1-25-17-5-12(6-18(26-2)15(17)8-23)21-13-7-20-19(28-10-29-20)4-11(13)3-14-16(21)9-27-22(14)24/h4-8,21H,3,9-10H2,1-2H3.